The number of hydrogen-bond acceptors (Lipinski definition) is 6. The van der Waals surface area contributed by atoms with Crippen LogP contribution >= 0.6 is 0 Å². The topological polar surface area (TPSA) is 78.9 Å². The Kier molecular flexibility index (Phi) is 70.5. The summed E-state index contributed by atoms with van der Waals surface area (Å²) in [4.78, 5) is 38.4. The van der Waals surface area contributed by atoms with Crippen LogP contribution in [0.15, 0.2) is 24.3 Å². The third-order valence-corrected chi connectivity index (χ3v) is 17.4. The Bertz CT molecular complexity index is 1340. The minimum Gasteiger partial charge on any atom is -0.462 e. The number of rotatable bonds is 71. The van der Waals surface area contributed by atoms with Crippen molar-refractivity contribution < 1.29 is 28.6 Å². The van der Waals surface area contributed by atoms with Gasteiger partial charge in [-0.15, -0.1) is 0 Å². The van der Waals surface area contributed by atoms with E-state index in [2.05, 4.69) is 45.1 Å². The average molecular weight is 1170 g/mol. The lowest BCUT2D eigenvalue weighted by Gasteiger charge is -2.18. The standard InChI is InChI=1S/C77H146O6/c1-4-7-10-13-16-19-22-25-28-30-31-32-33-34-35-36-37-38-39-40-41-42-43-44-45-46-47-50-52-55-58-61-64-67-70-76(79)82-73-74(72-81-75(78)69-66-63-60-57-54-51-48-27-24-21-18-15-12-9-6-3)83-77(80)71-68-65-62-59-56-53-49-29-26-23-20-17-14-11-8-5-2/h27,29,48-49,74H,4-26,28,30-47,50-73H2,1-3H3/b48-27-,49-29-. The van der Waals surface area contributed by atoms with E-state index in [1.54, 1.807) is 0 Å². The molecule has 0 fully saturated rings. The number of carbonyl (C=O) groups excluding carboxylic acids is 3. The molecular weight excluding hydrogens is 1020 g/mol. The number of unbranched alkanes of at least 4 members (excludes halogenated alkanes) is 56. The quantitative estimate of drug-likeness (QED) is 0.0261. The van der Waals surface area contributed by atoms with Gasteiger partial charge in [-0.1, -0.05) is 366 Å². The van der Waals surface area contributed by atoms with Crippen molar-refractivity contribution >= 4 is 17.9 Å². The predicted octanol–water partition coefficient (Wildman–Crippen LogP) is 26.1. The minimum absolute atomic E-state index is 0.0720. The molecule has 0 saturated carbocycles. The molecule has 0 spiro atoms. The van der Waals surface area contributed by atoms with Crippen LogP contribution in [-0.2, 0) is 28.6 Å². The van der Waals surface area contributed by atoms with E-state index >= 15 is 0 Å². The lowest BCUT2D eigenvalue weighted by molar-refractivity contribution is -0.167. The van der Waals surface area contributed by atoms with Gasteiger partial charge in [0.25, 0.3) is 0 Å². The summed E-state index contributed by atoms with van der Waals surface area (Å²) in [5.41, 5.74) is 0. The fourth-order valence-corrected chi connectivity index (χ4v) is 11.7. The van der Waals surface area contributed by atoms with Gasteiger partial charge in [-0.05, 0) is 70.6 Å². The summed E-state index contributed by atoms with van der Waals surface area (Å²) >= 11 is 0. The van der Waals surface area contributed by atoms with E-state index in [1.165, 1.54) is 321 Å². The van der Waals surface area contributed by atoms with Crippen LogP contribution in [0, 0.1) is 0 Å². The molecule has 1 atom stereocenters. The van der Waals surface area contributed by atoms with Crippen LogP contribution in [0.2, 0.25) is 0 Å². The molecule has 0 aliphatic rings. The largest absolute Gasteiger partial charge is 0.462 e. The van der Waals surface area contributed by atoms with E-state index < -0.39 is 6.10 Å². The van der Waals surface area contributed by atoms with Crippen LogP contribution in [0.1, 0.15) is 432 Å². The molecule has 0 heterocycles. The van der Waals surface area contributed by atoms with Gasteiger partial charge in [0.1, 0.15) is 13.2 Å². The molecule has 0 aromatic carbocycles. The number of hydrogen-bond donors (Lipinski definition) is 0. The molecule has 0 saturated heterocycles. The Labute approximate surface area is 519 Å². The fourth-order valence-electron chi connectivity index (χ4n) is 11.7. The molecule has 6 heteroatoms. The highest BCUT2D eigenvalue weighted by Crippen LogP contribution is 2.19. The normalized spacial score (nSPS) is 12.1. The van der Waals surface area contributed by atoms with E-state index in [-0.39, 0.29) is 31.1 Å². The number of ether oxygens (including phenoxy) is 3. The summed E-state index contributed by atoms with van der Waals surface area (Å²) in [5.74, 6) is -0.859. The summed E-state index contributed by atoms with van der Waals surface area (Å²) in [5, 5.41) is 0. The fraction of sp³-hybridized carbons (Fsp3) is 0.909. The first-order valence-electron chi connectivity index (χ1n) is 37.8. The maximum atomic E-state index is 12.9. The number of carbonyl (C=O) groups is 3. The van der Waals surface area contributed by atoms with Gasteiger partial charge in [-0.2, -0.15) is 0 Å². The molecular formula is C77H146O6. The van der Waals surface area contributed by atoms with Crippen LogP contribution in [0.4, 0.5) is 0 Å². The van der Waals surface area contributed by atoms with Gasteiger partial charge in [0.05, 0.1) is 0 Å². The summed E-state index contributed by atoms with van der Waals surface area (Å²) < 4.78 is 17.0. The molecule has 0 rings (SSSR count). The average Bonchev–Trinajstić information content (AvgIpc) is 3.49. The molecule has 0 radical (unpaired) electrons. The highest BCUT2D eigenvalue weighted by Gasteiger charge is 2.20. The van der Waals surface area contributed by atoms with Gasteiger partial charge in [0.2, 0.25) is 0 Å². The zero-order valence-corrected chi connectivity index (χ0v) is 56.5. The molecule has 0 amide bonds. The molecule has 0 aromatic rings. The summed E-state index contributed by atoms with van der Waals surface area (Å²) in [6, 6.07) is 0. The molecule has 490 valence electrons. The van der Waals surface area contributed by atoms with Crippen molar-refractivity contribution in [3.8, 4) is 0 Å². The van der Waals surface area contributed by atoms with Gasteiger partial charge in [0.15, 0.2) is 6.10 Å². The van der Waals surface area contributed by atoms with Crippen LogP contribution in [-0.4, -0.2) is 37.2 Å². The van der Waals surface area contributed by atoms with Gasteiger partial charge >= 0.3 is 17.9 Å². The Morgan fingerprint density at radius 1 is 0.229 bits per heavy atom. The molecule has 0 bridgehead atoms. The zero-order chi connectivity index (χ0) is 59.9. The number of esters is 3. The van der Waals surface area contributed by atoms with E-state index in [0.29, 0.717) is 19.3 Å². The van der Waals surface area contributed by atoms with Crippen LogP contribution in [0.25, 0.3) is 0 Å². The molecule has 6 nitrogen and oxygen atoms in total. The molecule has 0 aliphatic carbocycles. The Morgan fingerprint density at radius 3 is 0.602 bits per heavy atom. The molecule has 0 aromatic heterocycles. The van der Waals surface area contributed by atoms with Crippen LogP contribution in [0.3, 0.4) is 0 Å². The summed E-state index contributed by atoms with van der Waals surface area (Å²) in [6.45, 7) is 6.70. The Balaban J connectivity index is 4.09. The summed E-state index contributed by atoms with van der Waals surface area (Å²) in [6.07, 6.45) is 89.6. The van der Waals surface area contributed by atoms with Gasteiger partial charge in [-0.3, -0.25) is 14.4 Å². The molecule has 0 aliphatic heterocycles. The first-order valence-corrected chi connectivity index (χ1v) is 37.8. The SMILES string of the molecule is CCCCCCCC/C=C\CCCCCCCC(=O)OCC(COC(=O)CCCCCCCCCCCCCCCCCCCCCCCCCCCCCCCCCCCC)OC(=O)CCCCCCC/C=C\CCCCCCCCC. The summed E-state index contributed by atoms with van der Waals surface area (Å²) in [7, 11) is 0. The van der Waals surface area contributed by atoms with Crippen molar-refractivity contribution in [3.05, 3.63) is 24.3 Å². The first kappa shape index (κ1) is 80.9. The second kappa shape index (κ2) is 72.4. The van der Waals surface area contributed by atoms with Crippen molar-refractivity contribution in [1.29, 1.82) is 0 Å². The second-order valence-corrected chi connectivity index (χ2v) is 25.9. The van der Waals surface area contributed by atoms with Crippen molar-refractivity contribution in [1.82, 2.24) is 0 Å². The first-order chi connectivity index (χ1) is 41.0. The van der Waals surface area contributed by atoms with Gasteiger partial charge in [0, 0.05) is 19.3 Å². The van der Waals surface area contributed by atoms with Crippen molar-refractivity contribution in [2.45, 2.75) is 438 Å². The highest BCUT2D eigenvalue weighted by molar-refractivity contribution is 5.71. The highest BCUT2D eigenvalue weighted by atomic mass is 16.6. The van der Waals surface area contributed by atoms with E-state index in [1.807, 2.05) is 0 Å². The lowest BCUT2D eigenvalue weighted by atomic mass is 10.0. The van der Waals surface area contributed by atoms with E-state index in [9.17, 15) is 14.4 Å². The van der Waals surface area contributed by atoms with Crippen LogP contribution in [0.5, 0.6) is 0 Å². The van der Waals surface area contributed by atoms with Crippen molar-refractivity contribution in [2.24, 2.45) is 0 Å². The predicted molar refractivity (Wildman–Crippen MR) is 363 cm³/mol. The third kappa shape index (κ3) is 70.5. The van der Waals surface area contributed by atoms with Gasteiger partial charge < -0.3 is 14.2 Å². The Morgan fingerprint density at radius 2 is 0.398 bits per heavy atom. The molecule has 83 heavy (non-hydrogen) atoms. The van der Waals surface area contributed by atoms with Gasteiger partial charge in [-0.25, -0.2) is 0 Å². The lowest BCUT2D eigenvalue weighted by Crippen LogP contribution is -2.30. The molecule has 1 unspecified atom stereocenters. The van der Waals surface area contributed by atoms with Crippen molar-refractivity contribution in [3.63, 3.8) is 0 Å². The monoisotopic (exact) mass is 1170 g/mol. The van der Waals surface area contributed by atoms with Crippen LogP contribution < -0.4 is 0 Å². The zero-order valence-electron chi connectivity index (χ0n) is 56.5. The van der Waals surface area contributed by atoms with E-state index in [4.69, 9.17) is 14.2 Å². The van der Waals surface area contributed by atoms with E-state index in [0.717, 1.165) is 70.6 Å². The molecule has 0 N–H and O–H groups in total. The maximum absolute atomic E-state index is 12.9. The second-order valence-electron chi connectivity index (χ2n) is 25.9. The smallest absolute Gasteiger partial charge is 0.306 e. The minimum atomic E-state index is -0.777. The maximum Gasteiger partial charge on any atom is 0.306 e. The van der Waals surface area contributed by atoms with Crippen molar-refractivity contribution in [2.75, 3.05) is 13.2 Å². The third-order valence-electron chi connectivity index (χ3n) is 17.4. The Hall–Kier alpha value is -2.11. The number of allylic oxidation sites excluding steroid dienone is 4.